The molecule has 0 saturated heterocycles. The molecule has 0 radical (unpaired) electrons. The van der Waals surface area contributed by atoms with E-state index in [0.29, 0.717) is 0 Å². The number of hydrogen-bond donors (Lipinski definition) is 0. The Morgan fingerprint density at radius 2 is 2.44 bits per heavy atom. The number of thioether (sulfide) groups is 1. The largest absolute Gasteiger partial charge is 0.277 e. The first-order chi connectivity index (χ1) is 4.33. The molecule has 4 heteroatoms. The van der Waals surface area contributed by atoms with Gasteiger partial charge >= 0.3 is 0 Å². The lowest BCUT2D eigenvalue weighted by atomic mass is 10.8. The maximum Gasteiger partial charge on any atom is 0.244 e. The number of hydrogen-bond acceptors (Lipinski definition) is 4. The highest BCUT2D eigenvalue weighted by molar-refractivity contribution is 8.02. The summed E-state index contributed by atoms with van der Waals surface area (Å²) < 4.78 is 1.32. The van der Waals surface area contributed by atoms with Crippen molar-refractivity contribution in [2.75, 3.05) is 5.75 Å². The molecule has 50 valence electrons. The standard InChI is InChI=1S/C5H6OS3/c1-2-7-5-3-4(6)8-9-5/h3H,2H2,1H3. The Morgan fingerprint density at radius 3 is 2.89 bits per heavy atom. The van der Waals surface area contributed by atoms with E-state index in [0.717, 1.165) is 9.96 Å². The van der Waals surface area contributed by atoms with Crippen molar-refractivity contribution < 1.29 is 0 Å². The summed E-state index contributed by atoms with van der Waals surface area (Å²) in [4.78, 5) is 10.6. The highest BCUT2D eigenvalue weighted by Gasteiger charge is 1.94. The quantitative estimate of drug-likeness (QED) is 0.510. The molecule has 0 aliphatic rings. The van der Waals surface area contributed by atoms with Crippen LogP contribution in [-0.2, 0) is 0 Å². The van der Waals surface area contributed by atoms with Crippen molar-refractivity contribution in [1.82, 2.24) is 0 Å². The van der Waals surface area contributed by atoms with Gasteiger partial charge in [0.15, 0.2) is 0 Å². The first-order valence-electron chi connectivity index (χ1n) is 2.56. The van der Waals surface area contributed by atoms with E-state index in [1.165, 1.54) is 10.3 Å². The Hall–Kier alpha value is 0.200. The monoisotopic (exact) mass is 178 g/mol. The zero-order valence-electron chi connectivity index (χ0n) is 4.92. The second-order valence-electron chi connectivity index (χ2n) is 1.38. The molecule has 0 N–H and O–H groups in total. The molecular weight excluding hydrogens is 172 g/mol. The van der Waals surface area contributed by atoms with Crippen molar-refractivity contribution in [3.63, 3.8) is 0 Å². The van der Waals surface area contributed by atoms with Gasteiger partial charge in [-0.3, -0.25) is 4.79 Å². The summed E-state index contributed by atoms with van der Waals surface area (Å²) in [5.41, 5.74) is 0. The van der Waals surface area contributed by atoms with Gasteiger partial charge in [-0.15, -0.1) is 11.8 Å². The van der Waals surface area contributed by atoms with Crippen LogP contribution in [0.3, 0.4) is 0 Å². The third kappa shape index (κ3) is 2.12. The van der Waals surface area contributed by atoms with Gasteiger partial charge in [-0.2, -0.15) is 0 Å². The fourth-order valence-electron chi connectivity index (χ4n) is 0.434. The van der Waals surface area contributed by atoms with Gasteiger partial charge in [0.1, 0.15) is 0 Å². The molecule has 1 rings (SSSR count). The minimum Gasteiger partial charge on any atom is -0.277 e. The summed E-state index contributed by atoms with van der Waals surface area (Å²) in [6, 6.07) is 1.70. The molecule has 0 amide bonds. The Bertz CT molecular complexity index is 224. The molecule has 0 bridgehead atoms. The summed E-state index contributed by atoms with van der Waals surface area (Å²) in [6.07, 6.45) is 0. The number of rotatable bonds is 2. The van der Waals surface area contributed by atoms with Gasteiger partial charge in [-0.25, -0.2) is 0 Å². The van der Waals surface area contributed by atoms with E-state index in [4.69, 9.17) is 0 Å². The zero-order valence-corrected chi connectivity index (χ0v) is 7.37. The van der Waals surface area contributed by atoms with Crippen molar-refractivity contribution in [3.8, 4) is 0 Å². The third-order valence-electron chi connectivity index (χ3n) is 0.728. The fraction of sp³-hybridized carbons (Fsp3) is 0.400. The van der Waals surface area contributed by atoms with E-state index < -0.39 is 0 Å². The molecule has 0 aliphatic heterocycles. The summed E-state index contributed by atoms with van der Waals surface area (Å²) >= 11 is 1.73. The second-order valence-corrected chi connectivity index (χ2v) is 5.12. The Morgan fingerprint density at radius 1 is 1.67 bits per heavy atom. The molecule has 0 fully saturated rings. The third-order valence-corrected chi connectivity index (χ3v) is 4.27. The van der Waals surface area contributed by atoms with Crippen LogP contribution in [0.5, 0.6) is 0 Å². The maximum atomic E-state index is 10.6. The van der Waals surface area contributed by atoms with Crippen molar-refractivity contribution in [1.29, 1.82) is 0 Å². The van der Waals surface area contributed by atoms with Crippen LogP contribution in [-0.4, -0.2) is 5.75 Å². The average Bonchev–Trinajstić information content (AvgIpc) is 2.17. The topological polar surface area (TPSA) is 17.1 Å². The Balaban J connectivity index is 2.73. The molecular formula is C5H6OS3. The van der Waals surface area contributed by atoms with Crippen LogP contribution in [0.2, 0.25) is 0 Å². The van der Waals surface area contributed by atoms with Crippen molar-refractivity contribution in [2.24, 2.45) is 0 Å². The van der Waals surface area contributed by atoms with Gasteiger partial charge in [-0.1, -0.05) is 17.3 Å². The molecule has 1 aromatic rings. The molecule has 1 aromatic heterocycles. The first-order valence-corrected chi connectivity index (χ1v) is 5.69. The average molecular weight is 178 g/mol. The SMILES string of the molecule is CCSc1cc(=O)ss1. The van der Waals surface area contributed by atoms with Crippen LogP contribution in [0.25, 0.3) is 0 Å². The zero-order chi connectivity index (χ0) is 6.69. The Kier molecular flexibility index (Phi) is 2.75. The van der Waals surface area contributed by atoms with E-state index >= 15 is 0 Å². The highest BCUT2D eigenvalue weighted by Crippen LogP contribution is 2.22. The van der Waals surface area contributed by atoms with E-state index in [2.05, 4.69) is 6.92 Å². The van der Waals surface area contributed by atoms with E-state index in [1.54, 1.807) is 28.2 Å². The summed E-state index contributed by atoms with van der Waals surface area (Å²) in [7, 11) is 2.88. The van der Waals surface area contributed by atoms with Gasteiger partial charge in [-0.05, 0) is 16.1 Å². The van der Waals surface area contributed by atoms with Gasteiger partial charge < -0.3 is 0 Å². The van der Waals surface area contributed by atoms with Gasteiger partial charge in [0.05, 0.1) is 4.21 Å². The van der Waals surface area contributed by atoms with Gasteiger partial charge in [0.2, 0.25) is 4.74 Å². The fourth-order valence-corrected chi connectivity index (χ4v) is 3.61. The van der Waals surface area contributed by atoms with Crippen LogP contribution in [0.1, 0.15) is 6.92 Å². The van der Waals surface area contributed by atoms with Crippen LogP contribution in [0, 0.1) is 0 Å². The lowest BCUT2D eigenvalue weighted by Crippen LogP contribution is -1.80. The van der Waals surface area contributed by atoms with E-state index in [1.807, 2.05) is 0 Å². The maximum absolute atomic E-state index is 10.6. The van der Waals surface area contributed by atoms with Crippen LogP contribution < -0.4 is 4.74 Å². The molecule has 0 saturated carbocycles. The molecule has 0 aliphatic carbocycles. The predicted octanol–water partition coefficient (Wildman–Crippen LogP) is 2.28. The summed E-state index contributed by atoms with van der Waals surface area (Å²) in [5, 5.41) is 0. The van der Waals surface area contributed by atoms with Gasteiger partial charge in [0.25, 0.3) is 0 Å². The molecule has 0 spiro atoms. The first kappa shape index (κ1) is 7.31. The van der Waals surface area contributed by atoms with Crippen molar-refractivity contribution in [2.45, 2.75) is 11.1 Å². The predicted molar refractivity (Wildman–Crippen MR) is 44.9 cm³/mol. The smallest absolute Gasteiger partial charge is 0.244 e. The van der Waals surface area contributed by atoms with Crippen LogP contribution >= 0.6 is 32.4 Å². The molecule has 1 heterocycles. The molecule has 1 nitrogen and oxygen atoms in total. The van der Waals surface area contributed by atoms with Crippen LogP contribution in [0.4, 0.5) is 0 Å². The second kappa shape index (κ2) is 3.39. The van der Waals surface area contributed by atoms with E-state index in [9.17, 15) is 4.79 Å². The normalized spacial score (nSPS) is 9.89. The van der Waals surface area contributed by atoms with Crippen molar-refractivity contribution in [3.05, 3.63) is 15.6 Å². The lowest BCUT2D eigenvalue weighted by molar-refractivity contribution is 1.51. The summed E-state index contributed by atoms with van der Waals surface area (Å²) in [5.74, 6) is 1.05. The van der Waals surface area contributed by atoms with Gasteiger partial charge in [0, 0.05) is 6.07 Å². The minimum absolute atomic E-state index is 0.177. The highest BCUT2D eigenvalue weighted by atomic mass is 32.9. The molecule has 9 heavy (non-hydrogen) atoms. The van der Waals surface area contributed by atoms with Crippen LogP contribution in [0.15, 0.2) is 15.1 Å². The lowest BCUT2D eigenvalue weighted by Gasteiger charge is -1.84. The molecule has 0 aromatic carbocycles. The molecule has 0 atom stereocenters. The Labute approximate surface area is 65.1 Å². The minimum atomic E-state index is 0.177. The molecule has 0 unspecified atom stereocenters. The summed E-state index contributed by atoms with van der Waals surface area (Å²) in [6.45, 7) is 2.08. The van der Waals surface area contributed by atoms with E-state index in [-0.39, 0.29) is 4.74 Å². The van der Waals surface area contributed by atoms with Crippen molar-refractivity contribution >= 4 is 32.4 Å².